The molecular weight excluding hydrogens is 350 g/mol. The van der Waals surface area contributed by atoms with Gasteiger partial charge in [0.05, 0.1) is 6.54 Å². The molecule has 1 aliphatic rings. The quantitative estimate of drug-likeness (QED) is 0.446. The van der Waals surface area contributed by atoms with Crippen LogP contribution in [0, 0.1) is 5.92 Å². The van der Waals surface area contributed by atoms with Crippen molar-refractivity contribution in [2.45, 2.75) is 70.3 Å². The Morgan fingerprint density at radius 2 is 2.04 bits per heavy atom. The third-order valence-corrected chi connectivity index (χ3v) is 5.08. The van der Waals surface area contributed by atoms with Crippen molar-refractivity contribution in [3.05, 3.63) is 11.7 Å². The maximum atomic E-state index is 11.6. The first kappa shape index (κ1) is 21.1. The molecule has 9 nitrogen and oxygen atoms in total. The fourth-order valence-corrected chi connectivity index (χ4v) is 3.53. The van der Waals surface area contributed by atoms with Crippen LogP contribution in [0.4, 0.5) is 4.79 Å². The van der Waals surface area contributed by atoms with Gasteiger partial charge in [0.1, 0.15) is 0 Å². The first-order valence-corrected chi connectivity index (χ1v) is 9.70. The lowest BCUT2D eigenvalue weighted by Gasteiger charge is -2.22. The van der Waals surface area contributed by atoms with Crippen LogP contribution in [0.25, 0.3) is 0 Å². The first-order valence-electron chi connectivity index (χ1n) is 9.70. The molecule has 0 unspecified atom stereocenters. The summed E-state index contributed by atoms with van der Waals surface area (Å²) in [6.45, 7) is 0.154. The van der Waals surface area contributed by atoms with E-state index in [0.717, 1.165) is 25.2 Å². The number of hydrogen-bond acceptors (Lipinski definition) is 6. The van der Waals surface area contributed by atoms with Crippen LogP contribution >= 0.6 is 0 Å². The molecule has 1 heterocycles. The second-order valence-corrected chi connectivity index (χ2v) is 7.47. The highest BCUT2D eigenvalue weighted by Gasteiger charge is 2.23. The lowest BCUT2D eigenvalue weighted by atomic mass is 9.84. The van der Waals surface area contributed by atoms with Crippen LogP contribution < -0.4 is 10.8 Å². The minimum absolute atomic E-state index is 0.0901. The van der Waals surface area contributed by atoms with E-state index in [1.54, 1.807) is 19.6 Å². The molecule has 27 heavy (non-hydrogen) atoms. The molecule has 3 amide bonds. The SMILES string of the molecule is CN(C)C(=O)NCc1noc([C@@H](CCCC2CCCCC2)CC(=O)NO)n1. The summed E-state index contributed by atoms with van der Waals surface area (Å²) in [4.78, 5) is 29.0. The Labute approximate surface area is 159 Å². The van der Waals surface area contributed by atoms with Gasteiger partial charge in [-0.25, -0.2) is 10.3 Å². The van der Waals surface area contributed by atoms with Crippen LogP contribution in [0.3, 0.4) is 0 Å². The standard InChI is InChI=1S/C18H31N5O4/c1-23(2)18(25)19-12-15-20-17(27-22-15)14(11-16(24)21-26)10-6-9-13-7-4-3-5-8-13/h13-14,26H,3-12H2,1-2H3,(H,19,25)(H,21,24)/t14-/m0/s1. The number of amides is 3. The second-order valence-electron chi connectivity index (χ2n) is 7.47. The number of carbonyl (C=O) groups excluding carboxylic acids is 2. The maximum Gasteiger partial charge on any atom is 0.317 e. The minimum Gasteiger partial charge on any atom is -0.339 e. The maximum absolute atomic E-state index is 11.6. The van der Waals surface area contributed by atoms with E-state index in [9.17, 15) is 9.59 Å². The van der Waals surface area contributed by atoms with Crippen molar-refractivity contribution < 1.29 is 19.3 Å². The van der Waals surface area contributed by atoms with Crippen molar-refractivity contribution in [3.8, 4) is 0 Å². The molecule has 1 atom stereocenters. The fourth-order valence-electron chi connectivity index (χ4n) is 3.53. The van der Waals surface area contributed by atoms with Crippen molar-refractivity contribution in [1.82, 2.24) is 25.8 Å². The lowest BCUT2D eigenvalue weighted by Crippen LogP contribution is -2.34. The molecule has 0 aromatic carbocycles. The second kappa shape index (κ2) is 10.9. The number of aromatic nitrogens is 2. The lowest BCUT2D eigenvalue weighted by molar-refractivity contribution is -0.129. The summed E-state index contributed by atoms with van der Waals surface area (Å²) >= 11 is 0. The Morgan fingerprint density at radius 3 is 2.70 bits per heavy atom. The molecule has 152 valence electrons. The molecule has 9 heteroatoms. The van der Waals surface area contributed by atoms with Crippen molar-refractivity contribution in [2.24, 2.45) is 5.92 Å². The third kappa shape index (κ3) is 7.16. The Bertz CT molecular complexity index is 598. The summed E-state index contributed by atoms with van der Waals surface area (Å²) in [5.74, 6) is 0.786. The van der Waals surface area contributed by atoms with Gasteiger partial charge in [-0.15, -0.1) is 0 Å². The zero-order chi connectivity index (χ0) is 19.6. The molecule has 0 aliphatic heterocycles. The Morgan fingerprint density at radius 1 is 1.30 bits per heavy atom. The summed E-state index contributed by atoms with van der Waals surface area (Å²) in [5.41, 5.74) is 1.67. The minimum atomic E-state index is -0.474. The van der Waals surface area contributed by atoms with Crippen LogP contribution in [0.15, 0.2) is 4.52 Å². The zero-order valence-corrected chi connectivity index (χ0v) is 16.2. The molecule has 1 aromatic heterocycles. The molecule has 0 radical (unpaired) electrons. The van der Waals surface area contributed by atoms with E-state index < -0.39 is 5.91 Å². The first-order chi connectivity index (χ1) is 13.0. The van der Waals surface area contributed by atoms with Crippen LogP contribution in [0.2, 0.25) is 0 Å². The molecule has 0 spiro atoms. The molecule has 1 fully saturated rings. The summed E-state index contributed by atoms with van der Waals surface area (Å²) < 4.78 is 5.32. The molecule has 0 bridgehead atoms. The van der Waals surface area contributed by atoms with Gasteiger partial charge in [0, 0.05) is 26.4 Å². The van der Waals surface area contributed by atoms with Gasteiger partial charge in [0.15, 0.2) is 5.82 Å². The highest BCUT2D eigenvalue weighted by atomic mass is 16.5. The molecule has 2 rings (SSSR count). The Kier molecular flexibility index (Phi) is 8.50. The number of rotatable bonds is 9. The van der Waals surface area contributed by atoms with Crippen LogP contribution in [0.5, 0.6) is 0 Å². The van der Waals surface area contributed by atoms with Gasteiger partial charge in [-0.3, -0.25) is 10.0 Å². The predicted octanol–water partition coefficient (Wildman–Crippen LogP) is 2.57. The summed E-state index contributed by atoms with van der Waals surface area (Å²) in [6.07, 6.45) is 9.49. The topological polar surface area (TPSA) is 121 Å². The largest absolute Gasteiger partial charge is 0.339 e. The van der Waals surface area contributed by atoms with E-state index in [-0.39, 0.29) is 24.9 Å². The molecule has 3 N–H and O–H groups in total. The van der Waals surface area contributed by atoms with E-state index in [1.165, 1.54) is 37.0 Å². The molecular formula is C18H31N5O4. The van der Waals surface area contributed by atoms with Gasteiger partial charge >= 0.3 is 6.03 Å². The molecule has 0 saturated heterocycles. The van der Waals surface area contributed by atoms with Crippen LogP contribution in [-0.4, -0.2) is 46.3 Å². The zero-order valence-electron chi connectivity index (χ0n) is 16.2. The van der Waals surface area contributed by atoms with E-state index in [1.807, 2.05) is 0 Å². The summed E-state index contributed by atoms with van der Waals surface area (Å²) in [6, 6.07) is -0.245. The van der Waals surface area contributed by atoms with Crippen molar-refractivity contribution in [2.75, 3.05) is 14.1 Å². The highest BCUT2D eigenvalue weighted by Crippen LogP contribution is 2.31. The monoisotopic (exact) mass is 381 g/mol. The number of carbonyl (C=O) groups is 2. The van der Waals surface area contributed by atoms with Gasteiger partial charge in [0.2, 0.25) is 11.8 Å². The third-order valence-electron chi connectivity index (χ3n) is 5.08. The fraction of sp³-hybridized carbons (Fsp3) is 0.778. The van der Waals surface area contributed by atoms with Crippen molar-refractivity contribution in [1.29, 1.82) is 0 Å². The van der Waals surface area contributed by atoms with Crippen molar-refractivity contribution in [3.63, 3.8) is 0 Å². The van der Waals surface area contributed by atoms with Gasteiger partial charge in [-0.05, 0) is 12.3 Å². The number of urea groups is 1. The molecule has 1 saturated carbocycles. The van der Waals surface area contributed by atoms with Gasteiger partial charge in [0.25, 0.3) is 0 Å². The Hall–Kier alpha value is -2.16. The van der Waals surface area contributed by atoms with Crippen LogP contribution in [0.1, 0.15) is 75.4 Å². The average molecular weight is 381 g/mol. The normalized spacial score (nSPS) is 16.0. The van der Waals surface area contributed by atoms with E-state index in [2.05, 4.69) is 15.5 Å². The number of nitrogens with zero attached hydrogens (tertiary/aromatic N) is 3. The predicted molar refractivity (Wildman–Crippen MR) is 97.9 cm³/mol. The number of nitrogens with one attached hydrogen (secondary N) is 2. The Balaban J connectivity index is 1.90. The van der Waals surface area contributed by atoms with Crippen LogP contribution in [-0.2, 0) is 11.3 Å². The summed E-state index contributed by atoms with van der Waals surface area (Å²) in [7, 11) is 3.29. The van der Waals surface area contributed by atoms with E-state index in [0.29, 0.717) is 11.7 Å². The number of hydroxylamine groups is 1. The van der Waals surface area contributed by atoms with E-state index in [4.69, 9.17) is 9.73 Å². The molecule has 1 aromatic rings. The molecule has 1 aliphatic carbocycles. The van der Waals surface area contributed by atoms with Crippen molar-refractivity contribution >= 4 is 11.9 Å². The van der Waals surface area contributed by atoms with Gasteiger partial charge in [-0.1, -0.05) is 50.1 Å². The average Bonchev–Trinajstić information content (AvgIpc) is 3.14. The summed E-state index contributed by atoms with van der Waals surface area (Å²) in [5, 5.41) is 15.4. The van der Waals surface area contributed by atoms with E-state index >= 15 is 0 Å². The van der Waals surface area contributed by atoms with Gasteiger partial charge in [-0.2, -0.15) is 4.98 Å². The highest BCUT2D eigenvalue weighted by molar-refractivity contribution is 5.75. The smallest absolute Gasteiger partial charge is 0.317 e. The number of hydrogen-bond donors (Lipinski definition) is 3. The van der Waals surface area contributed by atoms with Gasteiger partial charge < -0.3 is 14.7 Å².